The summed E-state index contributed by atoms with van der Waals surface area (Å²) in [6.45, 7) is 3.28. The van der Waals surface area contributed by atoms with Gasteiger partial charge in [-0.1, -0.05) is 0 Å². The van der Waals surface area contributed by atoms with Crippen molar-refractivity contribution in [3.05, 3.63) is 10.8 Å². The third-order valence-corrected chi connectivity index (χ3v) is 2.33. The maximum atomic E-state index is 5.95. The van der Waals surface area contributed by atoms with Crippen molar-refractivity contribution < 1.29 is 25.3 Å². The number of halogens is 1. The van der Waals surface area contributed by atoms with Crippen molar-refractivity contribution in [3.63, 3.8) is 0 Å². The summed E-state index contributed by atoms with van der Waals surface area (Å²) < 4.78 is 11.3. The van der Waals surface area contributed by atoms with Gasteiger partial charge in [-0.3, -0.25) is 0 Å². The van der Waals surface area contributed by atoms with Crippen molar-refractivity contribution in [2.75, 3.05) is 13.2 Å². The van der Waals surface area contributed by atoms with Gasteiger partial charge in [-0.05, 0) is 0 Å². The van der Waals surface area contributed by atoms with Gasteiger partial charge in [-0.25, -0.2) is 0 Å². The average molecular weight is 227 g/mol. The summed E-state index contributed by atoms with van der Waals surface area (Å²) in [5, 5.41) is 0.753. The molecule has 1 aliphatic heterocycles. The molecule has 0 aromatic rings. The number of hydrogen-bond donors (Lipinski definition) is 0. The van der Waals surface area contributed by atoms with Gasteiger partial charge < -0.3 is 0 Å². The number of hydrogen-bond acceptors (Lipinski definition) is 2. The molecule has 0 fully saturated rings. The van der Waals surface area contributed by atoms with Crippen LogP contribution in [0.15, 0.2) is 10.8 Å². The fourth-order valence-electron chi connectivity index (χ4n) is 0.960. The van der Waals surface area contributed by atoms with Crippen molar-refractivity contribution in [1.82, 2.24) is 0 Å². The van der Waals surface area contributed by atoms with Crippen molar-refractivity contribution in [1.29, 1.82) is 0 Å². The molecule has 1 aliphatic rings. The first-order valence-electron chi connectivity index (χ1n) is 3.94. The van der Waals surface area contributed by atoms with Gasteiger partial charge in [0.2, 0.25) is 0 Å². The number of rotatable bonds is 3. The first-order valence-corrected chi connectivity index (χ1v) is 4.95. The Balaban J connectivity index is 2.64. The van der Waals surface area contributed by atoms with Crippen LogP contribution in [0.2, 0.25) is 0 Å². The van der Waals surface area contributed by atoms with Gasteiger partial charge in [0.05, 0.1) is 0 Å². The van der Waals surface area contributed by atoms with Gasteiger partial charge in [-0.2, -0.15) is 0 Å². The average Bonchev–Trinajstić information content (AvgIpc) is 2.05. The van der Waals surface area contributed by atoms with E-state index in [0.717, 1.165) is 24.5 Å². The normalized spacial score (nSPS) is 17.5. The molecule has 0 saturated heterocycles. The Morgan fingerprint density at radius 2 is 2.50 bits per heavy atom. The Morgan fingerprint density at radius 1 is 1.75 bits per heavy atom. The van der Waals surface area contributed by atoms with E-state index < -0.39 is 0 Å². The van der Waals surface area contributed by atoms with Crippen LogP contribution in [-0.2, 0) is 25.3 Å². The van der Waals surface area contributed by atoms with Crippen LogP contribution < -0.4 is 0 Å². The molecule has 4 heteroatoms. The third kappa shape index (κ3) is 2.60. The minimum absolute atomic E-state index is 0.624. The Kier molecular flexibility index (Phi) is 4.31. The Hall–Kier alpha value is 0.192. The third-order valence-electron chi connectivity index (χ3n) is 1.49. The zero-order chi connectivity index (χ0) is 8.97. The number of ether oxygens (including phenoxy) is 2. The second-order valence-corrected chi connectivity index (χ2v) is 3.44. The fourth-order valence-corrected chi connectivity index (χ4v) is 1.79. The zero-order valence-electron chi connectivity index (χ0n) is 6.93. The summed E-state index contributed by atoms with van der Waals surface area (Å²) in [6, 6.07) is 0. The molecule has 68 valence electrons. The monoisotopic (exact) mass is 226 g/mol. The van der Waals surface area contributed by atoms with Gasteiger partial charge in [-0.15, -0.1) is 0 Å². The molecule has 0 radical (unpaired) electrons. The summed E-state index contributed by atoms with van der Waals surface area (Å²) in [5.74, 6) is 0.685. The fraction of sp³-hybridized carbons (Fsp3) is 0.625. The van der Waals surface area contributed by atoms with E-state index in [4.69, 9.17) is 21.1 Å². The first kappa shape index (κ1) is 10.3. The van der Waals surface area contributed by atoms with Crippen LogP contribution in [-0.4, -0.2) is 17.8 Å². The molecular formula is C8H11ClCrO2. The molecule has 1 rings (SSSR count). The van der Waals surface area contributed by atoms with Crippen molar-refractivity contribution >= 4 is 16.2 Å². The van der Waals surface area contributed by atoms with E-state index in [0.29, 0.717) is 16.9 Å². The van der Waals surface area contributed by atoms with Gasteiger partial charge >= 0.3 is 85.3 Å². The van der Waals surface area contributed by atoms with Crippen LogP contribution in [0, 0.1) is 0 Å². The Labute approximate surface area is 85.5 Å². The van der Waals surface area contributed by atoms with Crippen LogP contribution in [0.4, 0.5) is 0 Å². The Bertz CT molecular complexity index is 213. The molecule has 0 aliphatic carbocycles. The Morgan fingerprint density at radius 3 is 3.08 bits per heavy atom. The predicted octanol–water partition coefficient (Wildman–Crippen LogP) is 1.96. The molecule has 0 spiro atoms. The molecule has 0 aromatic carbocycles. The van der Waals surface area contributed by atoms with Crippen LogP contribution in [0.5, 0.6) is 0 Å². The topological polar surface area (TPSA) is 18.5 Å². The van der Waals surface area contributed by atoms with E-state index >= 15 is 0 Å². The van der Waals surface area contributed by atoms with Gasteiger partial charge in [0.1, 0.15) is 0 Å². The molecule has 12 heavy (non-hydrogen) atoms. The molecule has 0 atom stereocenters. The molecule has 0 aromatic heterocycles. The first-order chi connectivity index (χ1) is 5.75. The molecule has 0 bridgehead atoms. The molecule has 0 saturated carbocycles. The molecule has 2 nitrogen and oxygen atoms in total. The summed E-state index contributed by atoms with van der Waals surface area (Å²) in [6.07, 6.45) is 1.87. The molecule has 1 heterocycles. The van der Waals surface area contributed by atoms with E-state index in [-0.39, 0.29) is 0 Å². The van der Waals surface area contributed by atoms with Crippen LogP contribution in [0.25, 0.3) is 0 Å². The molecule has 0 unspecified atom stereocenters. The number of allylic oxidation sites excluding steroid dienone is 1. The van der Waals surface area contributed by atoms with Crippen LogP contribution in [0.1, 0.15) is 19.8 Å². The van der Waals surface area contributed by atoms with Crippen LogP contribution in [0.3, 0.4) is 0 Å². The van der Waals surface area contributed by atoms with E-state index in [1.807, 2.05) is 6.92 Å². The summed E-state index contributed by atoms with van der Waals surface area (Å²) >= 11 is 8.75. The van der Waals surface area contributed by atoms with Gasteiger partial charge in [0, 0.05) is 0 Å². The molecule has 0 amide bonds. The second-order valence-electron chi connectivity index (χ2n) is 2.41. The minimum atomic E-state index is 0.624. The summed E-state index contributed by atoms with van der Waals surface area (Å²) in [5.41, 5.74) is 0. The van der Waals surface area contributed by atoms with E-state index in [1.165, 1.54) is 0 Å². The van der Waals surface area contributed by atoms with Crippen molar-refractivity contribution in [3.8, 4) is 0 Å². The summed E-state index contributed by atoms with van der Waals surface area (Å²) in [4.78, 5) is 0. The zero-order valence-corrected chi connectivity index (χ0v) is 8.96. The maximum absolute atomic E-state index is 5.95. The van der Waals surface area contributed by atoms with E-state index in [2.05, 4.69) is 15.9 Å². The van der Waals surface area contributed by atoms with Crippen LogP contribution >= 0.6 is 11.6 Å². The SMILES string of the molecule is CCO[C](=[Cr])C1=C(Cl)CCCO1. The van der Waals surface area contributed by atoms with Gasteiger partial charge in [0.25, 0.3) is 0 Å². The van der Waals surface area contributed by atoms with Gasteiger partial charge in [0.15, 0.2) is 0 Å². The second kappa shape index (κ2) is 5.04. The standard InChI is InChI=1S/C8H11ClO2.Cr/c1-2-10-6-8-7(9)4-3-5-11-8;/h2-5H2,1H3;. The molecular weight excluding hydrogens is 216 g/mol. The molecule has 0 N–H and O–H groups in total. The predicted molar refractivity (Wildman–Crippen MR) is 44.7 cm³/mol. The quantitative estimate of drug-likeness (QED) is 0.733. The summed E-state index contributed by atoms with van der Waals surface area (Å²) in [7, 11) is 0. The van der Waals surface area contributed by atoms with E-state index in [9.17, 15) is 0 Å². The van der Waals surface area contributed by atoms with Crippen molar-refractivity contribution in [2.24, 2.45) is 0 Å². The van der Waals surface area contributed by atoms with E-state index in [1.54, 1.807) is 0 Å². The van der Waals surface area contributed by atoms with Crippen molar-refractivity contribution in [2.45, 2.75) is 19.8 Å².